The van der Waals surface area contributed by atoms with Crippen molar-refractivity contribution in [1.82, 2.24) is 5.16 Å². The topological polar surface area (TPSA) is 61.3 Å². The number of rotatable bonds is 3. The fourth-order valence-corrected chi connectivity index (χ4v) is 0.831. The number of nitrogens with zero attached hydrogens (tertiary/aromatic N) is 1. The molecule has 4 heteroatoms. The van der Waals surface area contributed by atoms with Crippen molar-refractivity contribution < 1.29 is 9.26 Å². The summed E-state index contributed by atoms with van der Waals surface area (Å²) in [5.41, 5.74) is 6.07. The second-order valence-electron chi connectivity index (χ2n) is 2.25. The van der Waals surface area contributed by atoms with Gasteiger partial charge in [-0.25, -0.2) is 0 Å². The Morgan fingerprint density at radius 3 is 3.00 bits per heavy atom. The summed E-state index contributed by atoms with van der Waals surface area (Å²) in [5.74, 6) is 0.326. The van der Waals surface area contributed by atoms with Gasteiger partial charge < -0.3 is 15.0 Å². The normalized spacial score (nSPS) is 13.3. The maximum Gasteiger partial charge on any atom is 0.222 e. The highest BCUT2D eigenvalue weighted by Crippen LogP contribution is 2.16. The zero-order valence-corrected chi connectivity index (χ0v) is 6.70. The molecule has 0 bridgehead atoms. The molecule has 62 valence electrons. The average molecular weight is 156 g/mol. The largest absolute Gasteiger partial charge is 0.372 e. The van der Waals surface area contributed by atoms with E-state index in [9.17, 15) is 0 Å². The third-order valence-corrected chi connectivity index (χ3v) is 1.38. The zero-order chi connectivity index (χ0) is 8.27. The fourth-order valence-electron chi connectivity index (χ4n) is 0.831. The lowest BCUT2D eigenvalue weighted by atomic mass is 10.3. The minimum Gasteiger partial charge on any atom is -0.372 e. The van der Waals surface area contributed by atoms with Gasteiger partial charge in [0.05, 0.1) is 0 Å². The Balaban J connectivity index is 2.60. The van der Waals surface area contributed by atoms with Gasteiger partial charge in [-0.05, 0) is 13.8 Å². The summed E-state index contributed by atoms with van der Waals surface area (Å²) < 4.78 is 9.94. The summed E-state index contributed by atoms with van der Waals surface area (Å²) in [6.07, 6.45) is -0.0407. The van der Waals surface area contributed by atoms with Crippen molar-refractivity contribution >= 4 is 5.88 Å². The molecule has 11 heavy (non-hydrogen) atoms. The minimum absolute atomic E-state index is 0.0407. The molecule has 0 aliphatic carbocycles. The highest BCUT2D eigenvalue weighted by molar-refractivity contribution is 5.25. The Labute approximate surface area is 65.3 Å². The summed E-state index contributed by atoms with van der Waals surface area (Å²) in [4.78, 5) is 0. The second kappa shape index (κ2) is 3.39. The van der Waals surface area contributed by atoms with Gasteiger partial charge in [0, 0.05) is 12.7 Å². The quantitative estimate of drug-likeness (QED) is 0.717. The minimum atomic E-state index is -0.0407. The van der Waals surface area contributed by atoms with Crippen LogP contribution < -0.4 is 5.73 Å². The fraction of sp³-hybridized carbons (Fsp3) is 0.571. The van der Waals surface area contributed by atoms with Crippen molar-refractivity contribution in [3.63, 3.8) is 0 Å². The van der Waals surface area contributed by atoms with Crippen molar-refractivity contribution in [2.75, 3.05) is 12.3 Å². The first-order valence-electron chi connectivity index (χ1n) is 3.57. The van der Waals surface area contributed by atoms with E-state index in [0.29, 0.717) is 12.5 Å². The molecule has 2 N–H and O–H groups in total. The van der Waals surface area contributed by atoms with Crippen LogP contribution in [0.4, 0.5) is 5.88 Å². The molecule has 0 spiro atoms. The number of ether oxygens (including phenoxy) is 1. The monoisotopic (exact) mass is 156 g/mol. The van der Waals surface area contributed by atoms with Gasteiger partial charge in [0.1, 0.15) is 11.8 Å². The standard InChI is InChI=1S/C7H12N2O2/c1-3-10-5(2)6-4-7(8)11-9-6/h4-5H,3,8H2,1-2H3. The van der Waals surface area contributed by atoms with E-state index in [1.165, 1.54) is 0 Å². The SMILES string of the molecule is CCOC(C)c1cc(N)on1. The molecule has 0 amide bonds. The van der Waals surface area contributed by atoms with E-state index >= 15 is 0 Å². The third-order valence-electron chi connectivity index (χ3n) is 1.38. The Morgan fingerprint density at radius 2 is 2.55 bits per heavy atom. The molecule has 1 unspecified atom stereocenters. The second-order valence-corrected chi connectivity index (χ2v) is 2.25. The first-order valence-corrected chi connectivity index (χ1v) is 3.57. The molecule has 0 saturated heterocycles. The van der Waals surface area contributed by atoms with Crippen LogP contribution in [-0.4, -0.2) is 11.8 Å². The lowest BCUT2D eigenvalue weighted by molar-refractivity contribution is 0.0710. The molecule has 0 aliphatic heterocycles. The lowest BCUT2D eigenvalue weighted by Gasteiger charge is -2.05. The molecular formula is C7H12N2O2. The van der Waals surface area contributed by atoms with Crippen molar-refractivity contribution in [3.8, 4) is 0 Å². The highest BCUT2D eigenvalue weighted by Gasteiger charge is 2.09. The third kappa shape index (κ3) is 1.94. The summed E-state index contributed by atoms with van der Waals surface area (Å²) >= 11 is 0. The van der Waals surface area contributed by atoms with E-state index in [2.05, 4.69) is 9.68 Å². The first-order chi connectivity index (χ1) is 5.24. The van der Waals surface area contributed by atoms with Crippen molar-refractivity contribution in [3.05, 3.63) is 11.8 Å². The van der Waals surface area contributed by atoms with Gasteiger partial charge in [-0.1, -0.05) is 5.16 Å². The summed E-state index contributed by atoms with van der Waals surface area (Å²) in [5, 5.41) is 3.71. The Bertz CT molecular complexity index is 222. The number of hydrogen-bond donors (Lipinski definition) is 1. The van der Waals surface area contributed by atoms with Crippen LogP contribution >= 0.6 is 0 Å². The molecule has 1 atom stereocenters. The van der Waals surface area contributed by atoms with Crippen molar-refractivity contribution in [1.29, 1.82) is 0 Å². The smallest absolute Gasteiger partial charge is 0.222 e. The number of nitrogen functional groups attached to an aromatic ring is 1. The Morgan fingerprint density at radius 1 is 1.82 bits per heavy atom. The van der Waals surface area contributed by atoms with Crippen LogP contribution in [-0.2, 0) is 4.74 Å². The van der Waals surface area contributed by atoms with Gasteiger partial charge >= 0.3 is 0 Å². The maximum absolute atomic E-state index is 5.33. The van der Waals surface area contributed by atoms with Crippen LogP contribution in [0.25, 0.3) is 0 Å². The first kappa shape index (κ1) is 8.07. The molecular weight excluding hydrogens is 144 g/mol. The summed E-state index contributed by atoms with van der Waals surface area (Å²) in [7, 11) is 0. The lowest BCUT2D eigenvalue weighted by Crippen LogP contribution is -1.99. The van der Waals surface area contributed by atoms with Gasteiger partial charge in [-0.2, -0.15) is 0 Å². The van der Waals surface area contributed by atoms with Crippen LogP contribution in [0, 0.1) is 0 Å². The van der Waals surface area contributed by atoms with Crippen molar-refractivity contribution in [2.24, 2.45) is 0 Å². The molecule has 0 saturated carbocycles. The molecule has 1 heterocycles. The predicted molar refractivity (Wildman–Crippen MR) is 41.0 cm³/mol. The van der Waals surface area contributed by atoms with Gasteiger partial charge in [0.2, 0.25) is 5.88 Å². The van der Waals surface area contributed by atoms with Crippen LogP contribution in [0.5, 0.6) is 0 Å². The van der Waals surface area contributed by atoms with E-state index < -0.39 is 0 Å². The van der Waals surface area contributed by atoms with E-state index in [-0.39, 0.29) is 6.10 Å². The number of anilines is 1. The zero-order valence-electron chi connectivity index (χ0n) is 6.70. The molecule has 4 nitrogen and oxygen atoms in total. The van der Waals surface area contributed by atoms with E-state index in [1.54, 1.807) is 6.07 Å². The summed E-state index contributed by atoms with van der Waals surface area (Å²) in [6, 6.07) is 1.67. The molecule has 0 fully saturated rings. The molecule has 0 radical (unpaired) electrons. The predicted octanol–water partition coefficient (Wildman–Crippen LogP) is 1.35. The summed E-state index contributed by atoms with van der Waals surface area (Å²) in [6.45, 7) is 4.49. The Hall–Kier alpha value is -1.03. The molecule has 1 rings (SSSR count). The average Bonchev–Trinajstić information content (AvgIpc) is 2.36. The Kier molecular flexibility index (Phi) is 2.48. The molecule has 1 aromatic rings. The van der Waals surface area contributed by atoms with Gasteiger partial charge in [-0.3, -0.25) is 0 Å². The maximum atomic E-state index is 5.33. The van der Waals surface area contributed by atoms with Crippen LogP contribution in [0.3, 0.4) is 0 Å². The van der Waals surface area contributed by atoms with E-state index in [4.69, 9.17) is 10.5 Å². The number of hydrogen-bond acceptors (Lipinski definition) is 4. The van der Waals surface area contributed by atoms with E-state index in [0.717, 1.165) is 5.69 Å². The van der Waals surface area contributed by atoms with Crippen LogP contribution in [0.2, 0.25) is 0 Å². The van der Waals surface area contributed by atoms with Crippen molar-refractivity contribution in [2.45, 2.75) is 20.0 Å². The number of aromatic nitrogens is 1. The van der Waals surface area contributed by atoms with Crippen LogP contribution in [0.1, 0.15) is 25.6 Å². The molecule has 0 aliphatic rings. The number of nitrogens with two attached hydrogens (primary N) is 1. The molecule has 1 aromatic heterocycles. The van der Waals surface area contributed by atoms with Gasteiger partial charge in [0.15, 0.2) is 0 Å². The molecule has 0 aromatic carbocycles. The van der Waals surface area contributed by atoms with Gasteiger partial charge in [-0.15, -0.1) is 0 Å². The van der Waals surface area contributed by atoms with Crippen LogP contribution in [0.15, 0.2) is 10.6 Å². The van der Waals surface area contributed by atoms with Gasteiger partial charge in [0.25, 0.3) is 0 Å². The highest BCUT2D eigenvalue weighted by atomic mass is 16.5. The van der Waals surface area contributed by atoms with E-state index in [1.807, 2.05) is 13.8 Å².